The minimum Gasteiger partial charge on any atom is -0.481 e. The third kappa shape index (κ3) is 3.64. The van der Waals surface area contributed by atoms with Crippen molar-refractivity contribution in [3.05, 3.63) is 52.9 Å². The van der Waals surface area contributed by atoms with E-state index in [9.17, 15) is 9.59 Å². The Morgan fingerprint density at radius 1 is 1.21 bits per heavy atom. The van der Waals surface area contributed by atoms with E-state index < -0.39 is 5.97 Å². The molecule has 0 aliphatic heterocycles. The number of aliphatic carboxylic acids is 1. The maximum absolute atomic E-state index is 12.6. The van der Waals surface area contributed by atoms with Crippen molar-refractivity contribution in [1.29, 1.82) is 0 Å². The Labute approximate surface area is 139 Å². The molecule has 0 saturated heterocycles. The number of nitrogens with zero attached hydrogens (tertiary/aromatic N) is 1. The Bertz CT molecular complexity index is 724. The predicted molar refractivity (Wildman–Crippen MR) is 86.7 cm³/mol. The van der Waals surface area contributed by atoms with Crippen molar-refractivity contribution < 1.29 is 19.2 Å². The Morgan fingerprint density at radius 3 is 2.71 bits per heavy atom. The second-order valence-electron chi connectivity index (χ2n) is 6.01. The van der Waals surface area contributed by atoms with E-state index in [1.165, 1.54) is 0 Å². The molecule has 0 spiro atoms. The van der Waals surface area contributed by atoms with Crippen LogP contribution in [0, 0.1) is 0 Å². The number of carbonyl (C=O) groups excluding carboxylic acids is 1. The number of hydrogen-bond donors (Lipinski definition) is 2. The standard InChI is InChI=1S/C18H20N2O4/c21-16(22)11-10-14(12-6-2-1-3-7-12)19-18(23)17-13-8-4-5-9-15(13)24-20-17/h1-3,6-7,14H,4-5,8-11H2,(H,19,23)(H,21,22)/t14-/m1/s1. The second kappa shape index (κ2) is 7.29. The smallest absolute Gasteiger partial charge is 0.303 e. The molecule has 1 aromatic heterocycles. The van der Waals surface area contributed by atoms with Crippen LogP contribution in [0.3, 0.4) is 0 Å². The molecular weight excluding hydrogens is 308 g/mol. The van der Waals surface area contributed by atoms with Crippen molar-refractivity contribution in [1.82, 2.24) is 10.5 Å². The lowest BCUT2D eigenvalue weighted by Gasteiger charge is -2.18. The summed E-state index contributed by atoms with van der Waals surface area (Å²) in [6.45, 7) is 0. The Balaban J connectivity index is 1.77. The minimum atomic E-state index is -0.885. The first kappa shape index (κ1) is 16.2. The van der Waals surface area contributed by atoms with Gasteiger partial charge in [0.2, 0.25) is 0 Å². The zero-order valence-corrected chi connectivity index (χ0v) is 13.3. The highest BCUT2D eigenvalue weighted by molar-refractivity contribution is 5.94. The summed E-state index contributed by atoms with van der Waals surface area (Å²) in [5, 5.41) is 15.8. The van der Waals surface area contributed by atoms with Gasteiger partial charge in [-0.05, 0) is 31.2 Å². The van der Waals surface area contributed by atoms with Crippen LogP contribution in [0.4, 0.5) is 0 Å². The number of nitrogens with one attached hydrogen (secondary N) is 1. The number of aryl methyl sites for hydroxylation is 1. The number of carboxylic acid groups (broad SMARTS) is 1. The van der Waals surface area contributed by atoms with Crippen LogP contribution in [0.1, 0.15) is 59.1 Å². The molecule has 2 aromatic rings. The van der Waals surface area contributed by atoms with E-state index >= 15 is 0 Å². The predicted octanol–water partition coefficient (Wildman–Crippen LogP) is 2.89. The van der Waals surface area contributed by atoms with E-state index in [0.29, 0.717) is 12.1 Å². The largest absolute Gasteiger partial charge is 0.481 e. The van der Waals surface area contributed by atoms with E-state index in [1.54, 1.807) is 0 Å². The lowest BCUT2D eigenvalue weighted by Crippen LogP contribution is -2.30. The number of amides is 1. The average Bonchev–Trinajstić information content (AvgIpc) is 3.03. The van der Waals surface area contributed by atoms with Gasteiger partial charge in [0.1, 0.15) is 5.76 Å². The second-order valence-corrected chi connectivity index (χ2v) is 6.01. The van der Waals surface area contributed by atoms with Crippen LogP contribution in [-0.2, 0) is 17.6 Å². The lowest BCUT2D eigenvalue weighted by atomic mass is 9.96. The van der Waals surface area contributed by atoms with Crippen molar-refractivity contribution in [2.45, 2.75) is 44.6 Å². The van der Waals surface area contributed by atoms with Gasteiger partial charge in [0, 0.05) is 18.4 Å². The number of rotatable bonds is 6. The van der Waals surface area contributed by atoms with Crippen LogP contribution < -0.4 is 5.32 Å². The molecule has 3 rings (SSSR count). The zero-order valence-electron chi connectivity index (χ0n) is 13.3. The summed E-state index contributed by atoms with van der Waals surface area (Å²) in [6.07, 6.45) is 4.00. The Kier molecular flexibility index (Phi) is 4.93. The summed E-state index contributed by atoms with van der Waals surface area (Å²) >= 11 is 0. The molecule has 0 radical (unpaired) electrons. The summed E-state index contributed by atoms with van der Waals surface area (Å²) in [6, 6.07) is 9.01. The van der Waals surface area contributed by atoms with Crippen molar-refractivity contribution in [3.63, 3.8) is 0 Å². The maximum Gasteiger partial charge on any atom is 0.303 e. The average molecular weight is 328 g/mol. The molecule has 1 amide bonds. The number of hydrogen-bond acceptors (Lipinski definition) is 4. The molecule has 24 heavy (non-hydrogen) atoms. The molecule has 0 fully saturated rings. The molecule has 6 heteroatoms. The number of fused-ring (bicyclic) bond motifs is 1. The molecule has 1 heterocycles. The van der Waals surface area contributed by atoms with Crippen molar-refractivity contribution in [2.75, 3.05) is 0 Å². The molecular formula is C18H20N2O4. The molecule has 1 aliphatic rings. The van der Waals surface area contributed by atoms with Crippen LogP contribution in [0.25, 0.3) is 0 Å². The van der Waals surface area contributed by atoms with Gasteiger partial charge in [-0.2, -0.15) is 0 Å². The van der Waals surface area contributed by atoms with Crippen LogP contribution in [0.15, 0.2) is 34.9 Å². The van der Waals surface area contributed by atoms with Crippen LogP contribution in [-0.4, -0.2) is 22.1 Å². The summed E-state index contributed by atoms with van der Waals surface area (Å²) in [5.41, 5.74) is 2.11. The van der Waals surface area contributed by atoms with Crippen LogP contribution >= 0.6 is 0 Å². The normalized spacial score (nSPS) is 14.7. The fraction of sp³-hybridized carbons (Fsp3) is 0.389. The minimum absolute atomic E-state index is 0.0171. The van der Waals surface area contributed by atoms with Crippen LogP contribution in [0.2, 0.25) is 0 Å². The van der Waals surface area contributed by atoms with Gasteiger partial charge in [-0.15, -0.1) is 0 Å². The first-order valence-corrected chi connectivity index (χ1v) is 8.20. The van der Waals surface area contributed by atoms with E-state index in [-0.39, 0.29) is 18.4 Å². The summed E-state index contributed by atoms with van der Waals surface area (Å²) in [5.74, 6) is -0.390. The molecule has 6 nitrogen and oxygen atoms in total. The molecule has 2 N–H and O–H groups in total. The summed E-state index contributed by atoms with van der Waals surface area (Å²) in [4.78, 5) is 23.5. The highest BCUT2D eigenvalue weighted by atomic mass is 16.5. The van der Waals surface area contributed by atoms with E-state index in [2.05, 4.69) is 10.5 Å². The van der Waals surface area contributed by atoms with Gasteiger partial charge in [-0.25, -0.2) is 0 Å². The topological polar surface area (TPSA) is 92.4 Å². The molecule has 1 atom stereocenters. The first-order valence-electron chi connectivity index (χ1n) is 8.20. The van der Waals surface area contributed by atoms with Gasteiger partial charge in [-0.1, -0.05) is 35.5 Å². The third-order valence-electron chi connectivity index (χ3n) is 4.32. The monoisotopic (exact) mass is 328 g/mol. The molecule has 0 saturated carbocycles. The third-order valence-corrected chi connectivity index (χ3v) is 4.32. The molecule has 0 unspecified atom stereocenters. The zero-order chi connectivity index (χ0) is 16.9. The van der Waals surface area contributed by atoms with Crippen molar-refractivity contribution in [2.24, 2.45) is 0 Å². The van der Waals surface area contributed by atoms with Crippen molar-refractivity contribution in [3.8, 4) is 0 Å². The fourth-order valence-electron chi connectivity index (χ4n) is 3.07. The van der Waals surface area contributed by atoms with E-state index in [0.717, 1.165) is 42.6 Å². The van der Waals surface area contributed by atoms with E-state index in [4.69, 9.17) is 9.63 Å². The van der Waals surface area contributed by atoms with Gasteiger partial charge in [0.15, 0.2) is 5.69 Å². The quantitative estimate of drug-likeness (QED) is 0.850. The summed E-state index contributed by atoms with van der Waals surface area (Å²) in [7, 11) is 0. The highest BCUT2D eigenvalue weighted by Gasteiger charge is 2.26. The van der Waals surface area contributed by atoms with Gasteiger partial charge in [-0.3, -0.25) is 9.59 Å². The molecule has 1 aromatic carbocycles. The fourth-order valence-corrected chi connectivity index (χ4v) is 3.07. The van der Waals surface area contributed by atoms with Gasteiger partial charge >= 0.3 is 5.97 Å². The van der Waals surface area contributed by atoms with Gasteiger partial charge < -0.3 is 14.9 Å². The van der Waals surface area contributed by atoms with Crippen LogP contribution in [0.5, 0.6) is 0 Å². The number of benzene rings is 1. The van der Waals surface area contributed by atoms with Gasteiger partial charge in [0.25, 0.3) is 5.91 Å². The first-order chi connectivity index (χ1) is 11.6. The molecule has 126 valence electrons. The SMILES string of the molecule is O=C(O)CC[C@@H](NC(=O)c1noc2c1CCCC2)c1ccccc1. The lowest BCUT2D eigenvalue weighted by molar-refractivity contribution is -0.137. The molecule has 0 bridgehead atoms. The summed E-state index contributed by atoms with van der Waals surface area (Å²) < 4.78 is 5.29. The van der Waals surface area contributed by atoms with Gasteiger partial charge in [0.05, 0.1) is 6.04 Å². The highest BCUT2D eigenvalue weighted by Crippen LogP contribution is 2.25. The van der Waals surface area contributed by atoms with E-state index in [1.807, 2.05) is 30.3 Å². The molecule has 1 aliphatic carbocycles. The Hall–Kier alpha value is -2.63. The number of carbonyl (C=O) groups is 2. The number of aromatic nitrogens is 1. The number of carboxylic acids is 1. The Morgan fingerprint density at radius 2 is 1.96 bits per heavy atom. The van der Waals surface area contributed by atoms with Crippen molar-refractivity contribution >= 4 is 11.9 Å². The maximum atomic E-state index is 12.6.